The number of allylic oxidation sites excluding steroid dienone is 1. The topological polar surface area (TPSA) is 81.9 Å². The third-order valence-corrected chi connectivity index (χ3v) is 5.81. The van der Waals surface area contributed by atoms with E-state index in [4.69, 9.17) is 9.84 Å². The van der Waals surface area contributed by atoms with Crippen molar-refractivity contribution in [3.05, 3.63) is 76.8 Å². The summed E-state index contributed by atoms with van der Waals surface area (Å²) in [6.45, 7) is 6.02. The molecule has 0 unspecified atom stereocenters. The highest BCUT2D eigenvalue weighted by atomic mass is 32.2. The number of anilines is 1. The van der Waals surface area contributed by atoms with E-state index in [1.807, 2.05) is 56.4 Å². The number of fused-ring (bicyclic) bond motifs is 1. The van der Waals surface area contributed by atoms with Gasteiger partial charge in [0.1, 0.15) is 6.04 Å². The smallest absolute Gasteiger partial charge is 0.338 e. The Morgan fingerprint density at radius 2 is 2.07 bits per heavy atom. The fourth-order valence-electron chi connectivity index (χ4n) is 3.48. The van der Waals surface area contributed by atoms with Crippen molar-refractivity contribution in [1.29, 1.82) is 0 Å². The van der Waals surface area contributed by atoms with Gasteiger partial charge in [-0.05, 0) is 43.5 Å². The Kier molecular flexibility index (Phi) is 5.85. The summed E-state index contributed by atoms with van der Waals surface area (Å²) in [6.07, 6.45) is 3.59. The number of benzene rings is 1. The lowest BCUT2D eigenvalue weighted by Gasteiger charge is -2.28. The first-order chi connectivity index (χ1) is 14.6. The molecule has 0 spiro atoms. The summed E-state index contributed by atoms with van der Waals surface area (Å²) in [4.78, 5) is 21.6. The second-order valence-electron chi connectivity index (χ2n) is 6.96. The molecule has 4 rings (SSSR count). The Morgan fingerprint density at radius 1 is 1.23 bits per heavy atom. The van der Waals surface area contributed by atoms with Crippen molar-refractivity contribution in [3.63, 3.8) is 0 Å². The number of thioether (sulfide) groups is 1. The maximum absolute atomic E-state index is 12.8. The molecule has 8 heteroatoms. The Hall–Kier alpha value is -3.13. The maximum Gasteiger partial charge on any atom is 0.338 e. The van der Waals surface area contributed by atoms with Gasteiger partial charge in [0.15, 0.2) is 0 Å². The van der Waals surface area contributed by atoms with Crippen molar-refractivity contribution in [2.24, 2.45) is 0 Å². The van der Waals surface area contributed by atoms with Gasteiger partial charge >= 0.3 is 5.97 Å². The zero-order valence-electron chi connectivity index (χ0n) is 17.1. The summed E-state index contributed by atoms with van der Waals surface area (Å²) in [5.41, 5.74) is 4.44. The van der Waals surface area contributed by atoms with Crippen LogP contribution in [0.1, 0.15) is 36.6 Å². The molecule has 1 aliphatic heterocycles. The molecular formula is C22H23N5O2S. The summed E-state index contributed by atoms with van der Waals surface area (Å²) < 4.78 is 7.14. The molecule has 3 heterocycles. The molecule has 0 fully saturated rings. The van der Waals surface area contributed by atoms with E-state index in [1.165, 1.54) is 11.8 Å². The number of hydrogen-bond acceptors (Lipinski definition) is 7. The molecule has 0 bridgehead atoms. The minimum atomic E-state index is -0.401. The monoisotopic (exact) mass is 421 g/mol. The van der Waals surface area contributed by atoms with Gasteiger partial charge in [-0.25, -0.2) is 9.48 Å². The van der Waals surface area contributed by atoms with Crippen molar-refractivity contribution in [2.75, 3.05) is 11.9 Å². The van der Waals surface area contributed by atoms with E-state index in [0.29, 0.717) is 29.0 Å². The summed E-state index contributed by atoms with van der Waals surface area (Å²) in [7, 11) is 0. The second-order valence-corrected chi connectivity index (χ2v) is 7.90. The van der Waals surface area contributed by atoms with E-state index in [9.17, 15) is 4.79 Å². The summed E-state index contributed by atoms with van der Waals surface area (Å²) in [5, 5.41) is 8.60. The highest BCUT2D eigenvalue weighted by Crippen LogP contribution is 2.38. The van der Waals surface area contributed by atoms with Crippen LogP contribution in [0.25, 0.3) is 0 Å². The molecule has 0 aliphatic carbocycles. The third kappa shape index (κ3) is 3.95. The predicted molar refractivity (Wildman–Crippen MR) is 116 cm³/mol. The normalized spacial score (nSPS) is 15.5. The predicted octanol–water partition coefficient (Wildman–Crippen LogP) is 4.13. The summed E-state index contributed by atoms with van der Waals surface area (Å²) in [5.74, 6) is 0.979. The zero-order chi connectivity index (χ0) is 21.1. The minimum absolute atomic E-state index is 0.312. The SMILES string of the molecule is CCOC(=O)C1=C(C)Nc2nc(SCc3cccnc3)nn2[C@@H]1c1ccccc1C. The van der Waals surface area contributed by atoms with Crippen molar-refractivity contribution in [1.82, 2.24) is 19.7 Å². The molecule has 154 valence electrons. The number of esters is 1. The van der Waals surface area contributed by atoms with Crippen LogP contribution in [0.2, 0.25) is 0 Å². The lowest BCUT2D eigenvalue weighted by molar-refractivity contribution is -0.139. The number of rotatable bonds is 6. The average molecular weight is 422 g/mol. The molecule has 3 aromatic rings. The number of ether oxygens (including phenoxy) is 1. The van der Waals surface area contributed by atoms with Gasteiger partial charge in [-0.15, -0.1) is 5.10 Å². The number of carbonyl (C=O) groups excluding carboxylic acids is 1. The Morgan fingerprint density at radius 3 is 2.80 bits per heavy atom. The number of pyridine rings is 1. The van der Waals surface area contributed by atoms with E-state index in [2.05, 4.69) is 15.3 Å². The van der Waals surface area contributed by atoms with Crippen molar-refractivity contribution in [2.45, 2.75) is 37.7 Å². The van der Waals surface area contributed by atoms with Gasteiger partial charge < -0.3 is 10.1 Å². The van der Waals surface area contributed by atoms with Crippen LogP contribution in [-0.4, -0.2) is 32.3 Å². The van der Waals surface area contributed by atoms with Crippen LogP contribution in [0.3, 0.4) is 0 Å². The second kappa shape index (κ2) is 8.71. The molecule has 0 saturated carbocycles. The quantitative estimate of drug-likeness (QED) is 0.473. The number of hydrogen-bond donors (Lipinski definition) is 1. The van der Waals surface area contributed by atoms with Crippen LogP contribution in [0.15, 0.2) is 65.2 Å². The molecule has 1 aromatic carbocycles. The van der Waals surface area contributed by atoms with E-state index in [-0.39, 0.29) is 5.97 Å². The Labute approximate surface area is 179 Å². The van der Waals surface area contributed by atoms with Crippen LogP contribution >= 0.6 is 11.8 Å². The lowest BCUT2D eigenvalue weighted by atomic mass is 9.93. The first-order valence-electron chi connectivity index (χ1n) is 9.77. The molecule has 2 aromatic heterocycles. The van der Waals surface area contributed by atoms with Crippen molar-refractivity contribution >= 4 is 23.7 Å². The molecule has 7 nitrogen and oxygen atoms in total. The number of nitrogens with zero attached hydrogens (tertiary/aromatic N) is 4. The van der Waals surface area contributed by atoms with Gasteiger partial charge in [0.05, 0.1) is 12.2 Å². The number of aryl methyl sites for hydroxylation is 1. The van der Waals surface area contributed by atoms with E-state index >= 15 is 0 Å². The molecule has 1 aliphatic rings. The van der Waals surface area contributed by atoms with Gasteiger partial charge in [-0.2, -0.15) is 4.98 Å². The Bertz CT molecular complexity index is 1090. The van der Waals surface area contributed by atoms with E-state index in [0.717, 1.165) is 22.4 Å². The van der Waals surface area contributed by atoms with Crippen LogP contribution in [-0.2, 0) is 15.3 Å². The van der Waals surface area contributed by atoms with Crippen LogP contribution in [0.5, 0.6) is 0 Å². The molecule has 0 saturated heterocycles. The molecule has 0 radical (unpaired) electrons. The summed E-state index contributed by atoms with van der Waals surface area (Å²) >= 11 is 1.53. The average Bonchev–Trinajstić information content (AvgIpc) is 3.15. The van der Waals surface area contributed by atoms with Crippen LogP contribution < -0.4 is 5.32 Å². The molecule has 1 N–H and O–H groups in total. The van der Waals surface area contributed by atoms with Crippen molar-refractivity contribution in [3.8, 4) is 0 Å². The van der Waals surface area contributed by atoms with E-state index in [1.54, 1.807) is 17.8 Å². The first-order valence-corrected chi connectivity index (χ1v) is 10.8. The third-order valence-electron chi connectivity index (χ3n) is 4.90. The van der Waals surface area contributed by atoms with Crippen LogP contribution in [0.4, 0.5) is 5.95 Å². The summed E-state index contributed by atoms with van der Waals surface area (Å²) in [6, 6.07) is 11.5. The van der Waals surface area contributed by atoms with Gasteiger partial charge in [0.2, 0.25) is 11.1 Å². The van der Waals surface area contributed by atoms with Gasteiger partial charge in [0, 0.05) is 23.8 Å². The Balaban J connectivity index is 1.72. The largest absolute Gasteiger partial charge is 0.463 e. The van der Waals surface area contributed by atoms with Crippen LogP contribution in [0, 0.1) is 6.92 Å². The van der Waals surface area contributed by atoms with Gasteiger partial charge in [-0.1, -0.05) is 42.1 Å². The molecular weight excluding hydrogens is 398 g/mol. The molecule has 0 amide bonds. The number of carbonyl (C=O) groups is 1. The fourth-order valence-corrected chi connectivity index (χ4v) is 4.24. The molecule has 30 heavy (non-hydrogen) atoms. The van der Waals surface area contributed by atoms with Gasteiger partial charge in [-0.3, -0.25) is 4.98 Å². The standard InChI is InChI=1S/C22H23N5O2S/c1-4-29-20(28)18-15(3)24-21-25-22(30-13-16-9-7-11-23-12-16)26-27(21)19(18)17-10-6-5-8-14(17)2/h5-12,19H,4,13H2,1-3H3,(H,24,25,26)/t19-/m1/s1. The van der Waals surface area contributed by atoms with Crippen molar-refractivity contribution < 1.29 is 9.53 Å². The molecule has 1 atom stereocenters. The minimum Gasteiger partial charge on any atom is -0.463 e. The highest BCUT2D eigenvalue weighted by molar-refractivity contribution is 7.98. The maximum atomic E-state index is 12.8. The first kappa shape index (κ1) is 20.2. The highest BCUT2D eigenvalue weighted by Gasteiger charge is 2.35. The fraction of sp³-hybridized carbons (Fsp3) is 0.273. The van der Waals surface area contributed by atoms with E-state index < -0.39 is 6.04 Å². The van der Waals surface area contributed by atoms with Gasteiger partial charge in [0.25, 0.3) is 0 Å². The number of nitrogens with one attached hydrogen (secondary N) is 1. The lowest BCUT2D eigenvalue weighted by Crippen LogP contribution is -2.30. The number of aromatic nitrogens is 4. The zero-order valence-corrected chi connectivity index (χ0v) is 17.9.